The lowest BCUT2D eigenvalue weighted by Crippen LogP contribution is -2.51. The topological polar surface area (TPSA) is 70.5 Å². The molecule has 0 bridgehead atoms. The van der Waals surface area contributed by atoms with Gasteiger partial charge in [-0.2, -0.15) is 18.2 Å². The minimum Gasteiger partial charge on any atom is -0.439 e. The van der Waals surface area contributed by atoms with E-state index in [1.165, 1.54) is 18.2 Å². The summed E-state index contributed by atoms with van der Waals surface area (Å²) in [6.45, 7) is 4.91. The fourth-order valence-electron chi connectivity index (χ4n) is 3.10. The van der Waals surface area contributed by atoms with Gasteiger partial charge in [-0.1, -0.05) is 19.9 Å². The largest absolute Gasteiger partial charge is 0.439 e. The van der Waals surface area contributed by atoms with E-state index < -0.39 is 23.3 Å². The fraction of sp³-hybridized carbons (Fsp3) is 0.500. The number of ether oxygens (including phenoxy) is 1. The van der Waals surface area contributed by atoms with Gasteiger partial charge in [0.15, 0.2) is 5.69 Å². The quantitative estimate of drug-likeness (QED) is 0.683. The maximum Gasteiger partial charge on any atom is 0.433 e. The van der Waals surface area contributed by atoms with E-state index in [9.17, 15) is 22.7 Å². The van der Waals surface area contributed by atoms with Gasteiger partial charge < -0.3 is 20.1 Å². The van der Waals surface area contributed by atoms with Crippen LogP contribution in [0.4, 0.5) is 23.5 Å². The van der Waals surface area contributed by atoms with Crippen molar-refractivity contribution >= 4 is 5.95 Å². The Labute approximate surface area is 171 Å². The van der Waals surface area contributed by atoms with Crippen molar-refractivity contribution in [3.63, 3.8) is 0 Å². The van der Waals surface area contributed by atoms with Crippen molar-refractivity contribution in [3.05, 3.63) is 41.8 Å². The molecule has 0 saturated carbocycles. The molecule has 1 aliphatic heterocycles. The number of aromatic nitrogens is 2. The normalized spacial score (nSPS) is 16.7. The average Bonchev–Trinajstić information content (AvgIpc) is 2.66. The number of aliphatic hydroxyl groups is 1. The molecule has 2 N–H and O–H groups in total. The Hall–Kier alpha value is -2.46. The monoisotopic (exact) mass is 428 g/mol. The number of piperidine rings is 1. The molecule has 0 spiro atoms. The van der Waals surface area contributed by atoms with Crippen LogP contribution < -0.4 is 15.0 Å². The van der Waals surface area contributed by atoms with Gasteiger partial charge in [0.2, 0.25) is 11.8 Å². The van der Waals surface area contributed by atoms with Crippen LogP contribution >= 0.6 is 0 Å². The zero-order valence-corrected chi connectivity index (χ0v) is 16.7. The Morgan fingerprint density at radius 1 is 1.20 bits per heavy atom. The van der Waals surface area contributed by atoms with Gasteiger partial charge in [0.25, 0.3) is 0 Å². The van der Waals surface area contributed by atoms with Crippen molar-refractivity contribution in [2.75, 3.05) is 24.5 Å². The van der Waals surface area contributed by atoms with Crippen LogP contribution in [0.25, 0.3) is 0 Å². The predicted molar refractivity (Wildman–Crippen MR) is 103 cm³/mol. The molecule has 1 aromatic heterocycles. The second kappa shape index (κ2) is 8.73. The van der Waals surface area contributed by atoms with Crippen LogP contribution in [0.1, 0.15) is 32.4 Å². The molecular formula is C20H24F4N4O2. The SMILES string of the molecule is CC(C)NCC1(O)CCN(c2nc(Oc3cccc(F)c3)cc(C(F)(F)F)n2)CC1. The lowest BCUT2D eigenvalue weighted by atomic mass is 9.91. The van der Waals surface area contributed by atoms with E-state index in [4.69, 9.17) is 4.74 Å². The Morgan fingerprint density at radius 2 is 1.90 bits per heavy atom. The molecule has 0 radical (unpaired) electrons. The Morgan fingerprint density at radius 3 is 2.50 bits per heavy atom. The molecule has 2 aromatic rings. The third-order valence-corrected chi connectivity index (χ3v) is 4.82. The van der Waals surface area contributed by atoms with Crippen LogP contribution in [0.15, 0.2) is 30.3 Å². The van der Waals surface area contributed by atoms with Gasteiger partial charge in [0, 0.05) is 37.8 Å². The van der Waals surface area contributed by atoms with Gasteiger partial charge in [-0.25, -0.2) is 9.37 Å². The first-order valence-electron chi connectivity index (χ1n) is 9.64. The summed E-state index contributed by atoms with van der Waals surface area (Å²) in [5, 5.41) is 13.9. The first-order chi connectivity index (χ1) is 14.0. The predicted octanol–water partition coefficient (Wildman–Crippen LogP) is 3.76. The molecule has 0 unspecified atom stereocenters. The molecule has 1 saturated heterocycles. The smallest absolute Gasteiger partial charge is 0.433 e. The van der Waals surface area contributed by atoms with Gasteiger partial charge in [-0.05, 0) is 25.0 Å². The zero-order chi connectivity index (χ0) is 21.9. The molecule has 30 heavy (non-hydrogen) atoms. The fourth-order valence-corrected chi connectivity index (χ4v) is 3.10. The second-order valence-electron chi connectivity index (χ2n) is 7.70. The molecule has 1 fully saturated rings. The number of rotatable bonds is 6. The minimum absolute atomic E-state index is 0.0283. The van der Waals surface area contributed by atoms with Crippen molar-refractivity contribution in [1.29, 1.82) is 0 Å². The van der Waals surface area contributed by atoms with Crippen molar-refractivity contribution in [2.24, 2.45) is 0 Å². The molecule has 1 aliphatic rings. The van der Waals surface area contributed by atoms with E-state index in [0.717, 1.165) is 6.07 Å². The first-order valence-corrected chi connectivity index (χ1v) is 9.64. The summed E-state index contributed by atoms with van der Waals surface area (Å²) in [5.74, 6) is -1.03. The van der Waals surface area contributed by atoms with E-state index in [1.54, 1.807) is 4.90 Å². The Balaban J connectivity index is 1.80. The molecule has 6 nitrogen and oxygen atoms in total. The minimum atomic E-state index is -4.70. The van der Waals surface area contributed by atoms with E-state index in [0.29, 0.717) is 25.5 Å². The van der Waals surface area contributed by atoms with E-state index >= 15 is 0 Å². The van der Waals surface area contributed by atoms with Crippen molar-refractivity contribution in [1.82, 2.24) is 15.3 Å². The number of hydrogen-bond acceptors (Lipinski definition) is 6. The van der Waals surface area contributed by atoms with Crippen LogP contribution in [-0.4, -0.2) is 46.4 Å². The third-order valence-electron chi connectivity index (χ3n) is 4.82. The van der Waals surface area contributed by atoms with Crippen molar-refractivity contribution in [2.45, 2.75) is 44.5 Å². The molecule has 1 aromatic carbocycles. The van der Waals surface area contributed by atoms with Gasteiger partial charge in [0.05, 0.1) is 5.60 Å². The van der Waals surface area contributed by atoms with Gasteiger partial charge in [-0.15, -0.1) is 0 Å². The highest BCUT2D eigenvalue weighted by Gasteiger charge is 2.37. The maximum absolute atomic E-state index is 13.4. The van der Waals surface area contributed by atoms with Crippen LogP contribution in [-0.2, 0) is 6.18 Å². The van der Waals surface area contributed by atoms with Gasteiger partial charge >= 0.3 is 6.18 Å². The highest BCUT2D eigenvalue weighted by molar-refractivity contribution is 5.38. The standard InChI is InChI=1S/C20H24F4N4O2/c1-13(2)25-12-19(29)6-8-28(9-7-19)18-26-16(20(22,23)24)11-17(27-18)30-15-5-3-4-14(21)10-15/h3-5,10-11,13,25,29H,6-9,12H2,1-2H3. The number of anilines is 1. The third kappa shape index (κ3) is 5.79. The van der Waals surface area contributed by atoms with Gasteiger partial charge in [-0.3, -0.25) is 0 Å². The number of halogens is 4. The van der Waals surface area contributed by atoms with Crippen molar-refractivity contribution in [3.8, 4) is 11.6 Å². The Kier molecular flexibility index (Phi) is 6.47. The van der Waals surface area contributed by atoms with E-state index in [1.807, 2.05) is 13.8 Å². The summed E-state index contributed by atoms with van der Waals surface area (Å²) >= 11 is 0. The molecule has 0 amide bonds. The van der Waals surface area contributed by atoms with Crippen LogP contribution in [0.5, 0.6) is 11.6 Å². The zero-order valence-electron chi connectivity index (χ0n) is 16.7. The lowest BCUT2D eigenvalue weighted by molar-refractivity contribution is -0.141. The number of nitrogens with zero attached hydrogens (tertiary/aromatic N) is 3. The number of alkyl halides is 3. The molecule has 3 rings (SSSR count). The molecule has 0 atom stereocenters. The number of benzene rings is 1. The summed E-state index contributed by atoms with van der Waals surface area (Å²) in [7, 11) is 0. The van der Waals surface area contributed by atoms with E-state index in [-0.39, 0.29) is 36.7 Å². The van der Waals surface area contributed by atoms with Crippen LogP contribution in [0.2, 0.25) is 0 Å². The molecule has 10 heteroatoms. The number of nitrogens with one attached hydrogen (secondary N) is 1. The molecule has 164 valence electrons. The van der Waals surface area contributed by atoms with Gasteiger partial charge in [0.1, 0.15) is 11.6 Å². The molecule has 2 heterocycles. The summed E-state index contributed by atoms with van der Waals surface area (Å²) in [4.78, 5) is 9.32. The van der Waals surface area contributed by atoms with E-state index in [2.05, 4.69) is 15.3 Å². The highest BCUT2D eigenvalue weighted by Crippen LogP contribution is 2.33. The number of hydrogen-bond donors (Lipinski definition) is 2. The maximum atomic E-state index is 13.4. The first kappa shape index (κ1) is 22.2. The summed E-state index contributed by atoms with van der Waals surface area (Å²) < 4.78 is 58.8. The molecule has 0 aliphatic carbocycles. The highest BCUT2D eigenvalue weighted by atomic mass is 19.4. The molecular weight excluding hydrogens is 404 g/mol. The summed E-state index contributed by atoms with van der Waals surface area (Å²) in [6.07, 6.45) is -3.99. The van der Waals surface area contributed by atoms with Crippen molar-refractivity contribution < 1.29 is 27.4 Å². The van der Waals surface area contributed by atoms with Crippen LogP contribution in [0.3, 0.4) is 0 Å². The second-order valence-corrected chi connectivity index (χ2v) is 7.70. The summed E-state index contributed by atoms with van der Waals surface area (Å²) in [6, 6.07) is 5.94. The van der Waals surface area contributed by atoms with Crippen LogP contribution in [0, 0.1) is 5.82 Å². The summed E-state index contributed by atoms with van der Waals surface area (Å²) in [5.41, 5.74) is -2.09. The average molecular weight is 428 g/mol. The Bertz CT molecular complexity index is 868. The lowest BCUT2D eigenvalue weighted by Gasteiger charge is -2.38.